The summed E-state index contributed by atoms with van der Waals surface area (Å²) in [5.74, 6) is 1.28. The lowest BCUT2D eigenvalue weighted by Gasteiger charge is -2.15. The second kappa shape index (κ2) is 9.32. The lowest BCUT2D eigenvalue weighted by atomic mass is 10.1. The molecule has 0 aliphatic rings. The van der Waals surface area contributed by atoms with Crippen LogP contribution in [0.25, 0.3) is 0 Å². The van der Waals surface area contributed by atoms with Crippen molar-refractivity contribution in [2.45, 2.75) is 44.7 Å². The van der Waals surface area contributed by atoms with E-state index in [1.807, 2.05) is 45.0 Å². The number of hydrogen-bond acceptors (Lipinski definition) is 6. The molecule has 3 aromatic rings. The highest BCUT2D eigenvalue weighted by molar-refractivity contribution is 7.89. The minimum Gasteiger partial charge on any atom is -0.489 e. The molecular weight excluding hydrogens is 418 g/mol. The van der Waals surface area contributed by atoms with Crippen molar-refractivity contribution in [2.75, 3.05) is 0 Å². The van der Waals surface area contributed by atoms with Gasteiger partial charge in [-0.3, -0.25) is 4.79 Å². The van der Waals surface area contributed by atoms with Crippen LogP contribution in [0, 0.1) is 13.8 Å². The highest BCUT2D eigenvalue weighted by Crippen LogP contribution is 2.19. The van der Waals surface area contributed by atoms with Crippen LogP contribution in [0.4, 0.5) is 0 Å². The SMILES string of the molecule is Cc1noc(C)c1COc1ccc(CC(=O)NC(C)c2ccc(S(N)(=O)=O)cc2)cc1. The monoisotopic (exact) mass is 443 g/mol. The van der Waals surface area contributed by atoms with Gasteiger partial charge in [-0.1, -0.05) is 29.4 Å². The first-order valence-electron chi connectivity index (χ1n) is 9.69. The largest absolute Gasteiger partial charge is 0.489 e. The van der Waals surface area contributed by atoms with E-state index in [-0.39, 0.29) is 23.3 Å². The van der Waals surface area contributed by atoms with E-state index in [1.54, 1.807) is 12.1 Å². The number of nitrogens with zero attached hydrogens (tertiary/aromatic N) is 1. The fourth-order valence-electron chi connectivity index (χ4n) is 3.07. The number of aromatic nitrogens is 1. The molecule has 0 aliphatic carbocycles. The lowest BCUT2D eigenvalue weighted by molar-refractivity contribution is -0.121. The Bertz CT molecular complexity index is 1130. The Morgan fingerprint density at radius 3 is 2.32 bits per heavy atom. The van der Waals surface area contributed by atoms with Gasteiger partial charge in [-0.15, -0.1) is 0 Å². The van der Waals surface area contributed by atoms with Crippen molar-refractivity contribution in [3.05, 3.63) is 76.7 Å². The van der Waals surface area contributed by atoms with Crippen molar-refractivity contribution in [1.82, 2.24) is 10.5 Å². The predicted molar refractivity (Wildman–Crippen MR) is 115 cm³/mol. The molecule has 1 heterocycles. The Labute approximate surface area is 181 Å². The summed E-state index contributed by atoms with van der Waals surface area (Å²) in [6.45, 7) is 5.90. The van der Waals surface area contributed by atoms with Gasteiger partial charge < -0.3 is 14.6 Å². The van der Waals surface area contributed by atoms with Gasteiger partial charge in [-0.25, -0.2) is 13.6 Å². The van der Waals surface area contributed by atoms with Gasteiger partial charge >= 0.3 is 0 Å². The van der Waals surface area contributed by atoms with Gasteiger partial charge in [0.25, 0.3) is 0 Å². The fraction of sp³-hybridized carbons (Fsp3) is 0.273. The number of nitrogens with one attached hydrogen (secondary N) is 1. The molecule has 1 atom stereocenters. The van der Waals surface area contributed by atoms with Crippen molar-refractivity contribution < 1.29 is 22.5 Å². The van der Waals surface area contributed by atoms with Crippen LogP contribution >= 0.6 is 0 Å². The Balaban J connectivity index is 1.53. The molecule has 0 fully saturated rings. The summed E-state index contributed by atoms with van der Waals surface area (Å²) < 4.78 is 33.6. The summed E-state index contributed by atoms with van der Waals surface area (Å²) in [7, 11) is -3.74. The maximum Gasteiger partial charge on any atom is 0.238 e. The summed E-state index contributed by atoms with van der Waals surface area (Å²) in [5.41, 5.74) is 3.36. The van der Waals surface area contributed by atoms with Gasteiger partial charge in [0.2, 0.25) is 15.9 Å². The second-order valence-electron chi connectivity index (χ2n) is 7.32. The third kappa shape index (κ3) is 5.93. The summed E-state index contributed by atoms with van der Waals surface area (Å²) in [6, 6.07) is 13.2. The van der Waals surface area contributed by atoms with Crippen molar-refractivity contribution in [1.29, 1.82) is 0 Å². The van der Waals surface area contributed by atoms with Crippen LogP contribution in [0.15, 0.2) is 57.9 Å². The summed E-state index contributed by atoms with van der Waals surface area (Å²) in [6.07, 6.45) is 0.212. The van der Waals surface area contributed by atoms with Crippen LogP contribution in [0.2, 0.25) is 0 Å². The molecule has 0 bridgehead atoms. The number of carbonyl (C=O) groups excluding carboxylic acids is 1. The Morgan fingerprint density at radius 2 is 1.77 bits per heavy atom. The van der Waals surface area contributed by atoms with Gasteiger partial charge in [0.05, 0.1) is 28.6 Å². The third-order valence-electron chi connectivity index (χ3n) is 4.94. The molecule has 3 rings (SSSR count). The molecule has 0 aliphatic heterocycles. The average Bonchev–Trinajstić information content (AvgIpc) is 3.04. The van der Waals surface area contributed by atoms with E-state index in [1.165, 1.54) is 12.1 Å². The summed E-state index contributed by atoms with van der Waals surface area (Å²) in [4.78, 5) is 12.4. The molecular formula is C22H25N3O5S. The zero-order valence-corrected chi connectivity index (χ0v) is 18.4. The van der Waals surface area contributed by atoms with E-state index in [9.17, 15) is 13.2 Å². The van der Waals surface area contributed by atoms with Gasteiger partial charge in [-0.05, 0) is 56.2 Å². The van der Waals surface area contributed by atoms with E-state index < -0.39 is 10.0 Å². The quantitative estimate of drug-likeness (QED) is 0.551. The molecule has 2 aromatic carbocycles. The maximum atomic E-state index is 12.4. The number of amides is 1. The summed E-state index contributed by atoms with van der Waals surface area (Å²) >= 11 is 0. The number of sulfonamides is 1. The zero-order valence-electron chi connectivity index (χ0n) is 17.6. The van der Waals surface area contributed by atoms with Crippen LogP contribution in [-0.4, -0.2) is 19.5 Å². The molecule has 1 amide bonds. The van der Waals surface area contributed by atoms with Crippen molar-refractivity contribution in [3.8, 4) is 5.75 Å². The van der Waals surface area contributed by atoms with Gasteiger partial charge in [0.15, 0.2) is 0 Å². The van der Waals surface area contributed by atoms with Gasteiger partial charge in [-0.2, -0.15) is 0 Å². The van der Waals surface area contributed by atoms with Gasteiger partial charge in [0, 0.05) is 0 Å². The Kier molecular flexibility index (Phi) is 6.77. The molecule has 1 unspecified atom stereocenters. The number of ether oxygens (including phenoxy) is 1. The second-order valence-corrected chi connectivity index (χ2v) is 8.88. The minimum atomic E-state index is -3.74. The first-order chi connectivity index (χ1) is 14.6. The number of benzene rings is 2. The van der Waals surface area contributed by atoms with E-state index in [2.05, 4.69) is 10.5 Å². The molecule has 1 aromatic heterocycles. The summed E-state index contributed by atoms with van der Waals surface area (Å²) in [5, 5.41) is 11.9. The molecule has 3 N–H and O–H groups in total. The number of rotatable bonds is 8. The molecule has 164 valence electrons. The van der Waals surface area contributed by atoms with Gasteiger partial charge in [0.1, 0.15) is 18.1 Å². The van der Waals surface area contributed by atoms with Crippen molar-refractivity contribution in [2.24, 2.45) is 5.14 Å². The van der Waals surface area contributed by atoms with E-state index in [4.69, 9.17) is 14.4 Å². The Morgan fingerprint density at radius 1 is 1.13 bits per heavy atom. The molecule has 0 spiro atoms. The Hall–Kier alpha value is -3.17. The number of aryl methyl sites for hydroxylation is 2. The fourth-order valence-corrected chi connectivity index (χ4v) is 3.59. The first kappa shape index (κ1) is 22.5. The van der Waals surface area contributed by atoms with Crippen LogP contribution < -0.4 is 15.2 Å². The number of nitrogens with two attached hydrogens (primary N) is 1. The number of primary sulfonamides is 1. The van der Waals surface area contributed by atoms with E-state index in [0.717, 1.165) is 28.1 Å². The third-order valence-corrected chi connectivity index (χ3v) is 5.87. The van der Waals surface area contributed by atoms with E-state index in [0.29, 0.717) is 12.4 Å². The van der Waals surface area contributed by atoms with Crippen LogP contribution in [0.3, 0.4) is 0 Å². The molecule has 0 saturated carbocycles. The number of hydrogen-bond donors (Lipinski definition) is 2. The topological polar surface area (TPSA) is 125 Å². The van der Waals surface area contributed by atoms with Crippen molar-refractivity contribution >= 4 is 15.9 Å². The van der Waals surface area contributed by atoms with Crippen LogP contribution in [0.1, 0.15) is 41.1 Å². The normalized spacial score (nSPS) is 12.4. The highest BCUT2D eigenvalue weighted by atomic mass is 32.2. The average molecular weight is 444 g/mol. The first-order valence-corrected chi connectivity index (χ1v) is 11.2. The van der Waals surface area contributed by atoms with Crippen molar-refractivity contribution in [3.63, 3.8) is 0 Å². The maximum absolute atomic E-state index is 12.4. The van der Waals surface area contributed by atoms with Crippen LogP contribution in [0.5, 0.6) is 5.75 Å². The molecule has 0 radical (unpaired) electrons. The molecule has 0 saturated heterocycles. The van der Waals surface area contributed by atoms with Crippen LogP contribution in [-0.2, 0) is 27.8 Å². The molecule has 31 heavy (non-hydrogen) atoms. The van der Waals surface area contributed by atoms with E-state index >= 15 is 0 Å². The highest BCUT2D eigenvalue weighted by Gasteiger charge is 2.13. The molecule has 9 heteroatoms. The molecule has 8 nitrogen and oxygen atoms in total. The number of carbonyl (C=O) groups is 1. The lowest BCUT2D eigenvalue weighted by Crippen LogP contribution is -2.28. The zero-order chi connectivity index (χ0) is 22.6. The smallest absolute Gasteiger partial charge is 0.238 e. The standard InChI is InChI=1S/C22H25N3O5S/c1-14(18-6-10-20(11-7-18)31(23,27)28)24-22(26)12-17-4-8-19(9-5-17)29-13-21-15(2)25-30-16(21)3/h4-11,14H,12-13H2,1-3H3,(H,24,26)(H2,23,27,28). The predicted octanol–water partition coefficient (Wildman–Crippen LogP) is 2.94. The minimum absolute atomic E-state index is 0.0337.